The van der Waals surface area contributed by atoms with Crippen LogP contribution in [-0.4, -0.2) is 63.5 Å². The van der Waals surface area contributed by atoms with Crippen LogP contribution in [0.5, 0.6) is 0 Å². The first kappa shape index (κ1) is 26.5. The molecule has 0 radical (unpaired) electrons. The SMILES string of the molecule is CCSc1ccc(C2=NN(C)C(=O)C2(C)N(OC(=O)OC(C)(C)C)C(=O)OC(C)(C)C)cc1. The first-order chi connectivity index (χ1) is 15.1. The highest BCUT2D eigenvalue weighted by Crippen LogP contribution is 2.33. The van der Waals surface area contributed by atoms with Crippen LogP contribution in [-0.2, 0) is 19.1 Å². The van der Waals surface area contributed by atoms with Crippen LogP contribution < -0.4 is 0 Å². The molecule has 0 saturated heterocycles. The lowest BCUT2D eigenvalue weighted by molar-refractivity contribution is -0.176. The average molecular weight is 480 g/mol. The molecule has 1 atom stereocenters. The smallest absolute Gasteiger partial charge is 0.442 e. The van der Waals surface area contributed by atoms with E-state index in [1.807, 2.05) is 24.3 Å². The molecule has 0 aliphatic carbocycles. The molecule has 0 aromatic heterocycles. The first-order valence-corrected chi connectivity index (χ1v) is 11.6. The summed E-state index contributed by atoms with van der Waals surface area (Å²) in [5.74, 6) is 0.342. The second-order valence-corrected chi connectivity index (χ2v) is 11.0. The molecule has 0 spiro atoms. The molecule has 0 N–H and O–H groups in total. The molecular weight excluding hydrogens is 446 g/mol. The van der Waals surface area contributed by atoms with Crippen molar-refractivity contribution in [2.45, 2.75) is 77.0 Å². The maximum atomic E-state index is 13.3. The van der Waals surface area contributed by atoms with E-state index in [4.69, 9.17) is 14.3 Å². The molecule has 182 valence electrons. The van der Waals surface area contributed by atoms with E-state index in [2.05, 4.69) is 12.0 Å². The van der Waals surface area contributed by atoms with E-state index in [0.29, 0.717) is 10.6 Å². The molecule has 2 rings (SSSR count). The largest absolute Gasteiger partial charge is 0.534 e. The van der Waals surface area contributed by atoms with Crippen LogP contribution in [0.2, 0.25) is 0 Å². The van der Waals surface area contributed by atoms with Crippen molar-refractivity contribution in [1.29, 1.82) is 0 Å². The maximum absolute atomic E-state index is 13.3. The number of ether oxygens (including phenoxy) is 2. The van der Waals surface area contributed by atoms with Gasteiger partial charge in [0.2, 0.25) is 5.54 Å². The molecule has 9 nitrogen and oxygen atoms in total. The Balaban J connectivity index is 2.53. The molecule has 1 aliphatic heterocycles. The van der Waals surface area contributed by atoms with Crippen LogP contribution in [0.15, 0.2) is 34.3 Å². The van der Waals surface area contributed by atoms with Crippen LogP contribution in [0, 0.1) is 0 Å². The van der Waals surface area contributed by atoms with E-state index in [9.17, 15) is 14.4 Å². The zero-order chi connectivity index (χ0) is 25.2. The summed E-state index contributed by atoms with van der Waals surface area (Å²) in [6, 6.07) is 7.42. The number of hydrogen-bond acceptors (Lipinski definition) is 8. The summed E-state index contributed by atoms with van der Waals surface area (Å²) in [4.78, 5) is 45.3. The molecule has 10 heteroatoms. The molecule has 2 amide bonds. The van der Waals surface area contributed by atoms with E-state index in [0.717, 1.165) is 15.7 Å². The van der Waals surface area contributed by atoms with Gasteiger partial charge in [0.05, 0.1) is 0 Å². The molecular formula is C23H33N3O6S. The minimum Gasteiger partial charge on any atom is -0.442 e. The van der Waals surface area contributed by atoms with Gasteiger partial charge in [0.25, 0.3) is 5.91 Å². The van der Waals surface area contributed by atoms with Crippen molar-refractivity contribution in [2.24, 2.45) is 5.10 Å². The molecule has 0 fully saturated rings. The topological polar surface area (TPSA) is 97.7 Å². The fourth-order valence-electron chi connectivity index (χ4n) is 3.06. The predicted octanol–water partition coefficient (Wildman–Crippen LogP) is 4.84. The number of rotatable bonds is 4. The van der Waals surface area contributed by atoms with Crippen molar-refractivity contribution in [1.82, 2.24) is 10.1 Å². The summed E-state index contributed by atoms with van der Waals surface area (Å²) in [5, 5.41) is 6.09. The standard InChI is InChI=1S/C23H33N3O6S/c1-10-33-16-13-11-15(12-14-16)17-23(8,18(27)25(9)24-17)26(19(28)30-21(2,3)4)32-20(29)31-22(5,6)7/h11-14H,10H2,1-9H3. The van der Waals surface area contributed by atoms with Gasteiger partial charge >= 0.3 is 12.2 Å². The summed E-state index contributed by atoms with van der Waals surface area (Å²) >= 11 is 1.67. The van der Waals surface area contributed by atoms with Gasteiger partial charge in [-0.1, -0.05) is 19.1 Å². The number of benzene rings is 1. The zero-order valence-corrected chi connectivity index (χ0v) is 21.5. The molecule has 0 saturated carbocycles. The van der Waals surface area contributed by atoms with Crippen LogP contribution in [0.1, 0.15) is 61.0 Å². The van der Waals surface area contributed by atoms with Crippen molar-refractivity contribution in [3.63, 3.8) is 0 Å². The number of hydroxylamine groups is 2. The Bertz CT molecular complexity index is 933. The number of carbonyl (C=O) groups is 3. The average Bonchev–Trinajstić information content (AvgIpc) is 2.89. The predicted molar refractivity (Wildman–Crippen MR) is 126 cm³/mol. The Morgan fingerprint density at radius 2 is 1.61 bits per heavy atom. The van der Waals surface area contributed by atoms with E-state index in [1.165, 1.54) is 14.0 Å². The highest BCUT2D eigenvalue weighted by Gasteiger charge is 2.57. The minimum atomic E-state index is -1.78. The molecule has 1 aliphatic rings. The van der Waals surface area contributed by atoms with E-state index in [1.54, 1.807) is 53.3 Å². The lowest BCUT2D eigenvalue weighted by Gasteiger charge is -2.36. The Kier molecular flexibility index (Phi) is 7.73. The zero-order valence-electron chi connectivity index (χ0n) is 20.7. The summed E-state index contributed by atoms with van der Waals surface area (Å²) in [5.41, 5.74) is -2.74. The van der Waals surface area contributed by atoms with Gasteiger partial charge in [0.1, 0.15) is 16.9 Å². The van der Waals surface area contributed by atoms with Gasteiger partial charge in [-0.15, -0.1) is 16.8 Å². The Labute approximate surface area is 199 Å². The van der Waals surface area contributed by atoms with Gasteiger partial charge in [-0.05, 0) is 66.4 Å². The van der Waals surface area contributed by atoms with Crippen LogP contribution >= 0.6 is 11.8 Å². The minimum absolute atomic E-state index is 0.234. The van der Waals surface area contributed by atoms with Gasteiger partial charge in [0, 0.05) is 17.5 Å². The first-order valence-electron chi connectivity index (χ1n) is 10.6. The Morgan fingerprint density at radius 1 is 1.06 bits per heavy atom. The highest BCUT2D eigenvalue weighted by molar-refractivity contribution is 7.99. The van der Waals surface area contributed by atoms with Crippen LogP contribution in [0.4, 0.5) is 9.59 Å². The molecule has 1 unspecified atom stereocenters. The summed E-state index contributed by atoms with van der Waals surface area (Å²) < 4.78 is 10.7. The molecule has 0 bridgehead atoms. The Morgan fingerprint density at radius 3 is 2.09 bits per heavy atom. The molecule has 1 aromatic carbocycles. The monoisotopic (exact) mass is 479 g/mol. The number of nitrogens with zero attached hydrogens (tertiary/aromatic N) is 3. The van der Waals surface area contributed by atoms with E-state index >= 15 is 0 Å². The van der Waals surface area contributed by atoms with Gasteiger partial charge < -0.3 is 9.47 Å². The lowest BCUT2D eigenvalue weighted by Crippen LogP contribution is -2.61. The van der Waals surface area contributed by atoms with Crippen LogP contribution in [0.3, 0.4) is 0 Å². The summed E-state index contributed by atoms with van der Waals surface area (Å²) in [7, 11) is 1.47. The van der Waals surface area contributed by atoms with Crippen molar-refractivity contribution < 1.29 is 28.7 Å². The second kappa shape index (κ2) is 9.62. The quantitative estimate of drug-likeness (QED) is 0.346. The molecule has 1 aromatic rings. The number of amides is 2. The van der Waals surface area contributed by atoms with Gasteiger partial charge in [0.15, 0.2) is 0 Å². The normalized spacial score (nSPS) is 18.6. The van der Waals surface area contributed by atoms with E-state index < -0.39 is 34.9 Å². The lowest BCUT2D eigenvalue weighted by atomic mass is 9.90. The number of likely N-dealkylation sites (N-methyl/N-ethyl adjacent to an activating group) is 1. The van der Waals surface area contributed by atoms with Gasteiger partial charge in [-0.25, -0.2) is 14.6 Å². The van der Waals surface area contributed by atoms with Crippen LogP contribution in [0.25, 0.3) is 0 Å². The highest BCUT2D eigenvalue weighted by atomic mass is 32.2. The fourth-order valence-corrected chi connectivity index (χ4v) is 3.73. The number of hydrazone groups is 1. The second-order valence-electron chi connectivity index (χ2n) is 9.64. The third kappa shape index (κ3) is 6.40. The molecule has 33 heavy (non-hydrogen) atoms. The van der Waals surface area contributed by atoms with Crippen molar-refractivity contribution >= 4 is 35.6 Å². The number of thioether (sulfide) groups is 1. The van der Waals surface area contributed by atoms with E-state index in [-0.39, 0.29) is 5.71 Å². The third-order valence-corrected chi connectivity index (χ3v) is 5.28. The van der Waals surface area contributed by atoms with Gasteiger partial charge in [-0.3, -0.25) is 9.63 Å². The third-order valence-electron chi connectivity index (χ3n) is 4.38. The number of carbonyl (C=O) groups excluding carboxylic acids is 3. The Hall–Kier alpha value is -2.75. The summed E-state index contributed by atoms with van der Waals surface area (Å²) in [6.07, 6.45) is -2.17. The molecule has 1 heterocycles. The fraction of sp³-hybridized carbons (Fsp3) is 0.565. The number of hydrogen-bond donors (Lipinski definition) is 0. The van der Waals surface area contributed by atoms with Crippen molar-refractivity contribution in [3.05, 3.63) is 29.8 Å². The van der Waals surface area contributed by atoms with Crippen molar-refractivity contribution in [2.75, 3.05) is 12.8 Å². The van der Waals surface area contributed by atoms with Gasteiger partial charge in [-0.2, -0.15) is 5.10 Å². The maximum Gasteiger partial charge on any atom is 0.534 e. The van der Waals surface area contributed by atoms with Crippen molar-refractivity contribution in [3.8, 4) is 0 Å². The summed E-state index contributed by atoms with van der Waals surface area (Å²) in [6.45, 7) is 13.5.